The summed E-state index contributed by atoms with van der Waals surface area (Å²) in [4.78, 5) is 32.8. The van der Waals surface area contributed by atoms with E-state index < -0.39 is 0 Å². The summed E-state index contributed by atoms with van der Waals surface area (Å²) in [7, 11) is 11.9. The topological polar surface area (TPSA) is 76.6 Å². The summed E-state index contributed by atoms with van der Waals surface area (Å²) >= 11 is 0. The molecule has 0 aliphatic carbocycles. The van der Waals surface area contributed by atoms with Gasteiger partial charge in [0.15, 0.2) is 11.6 Å². The van der Waals surface area contributed by atoms with E-state index in [1.807, 2.05) is 38.4 Å². The number of aromatic nitrogens is 2. The van der Waals surface area contributed by atoms with Crippen molar-refractivity contribution in [3.8, 4) is 11.5 Å². The average molecular weight is 1200 g/mol. The molecule has 0 N–H and O–H groups in total. The third kappa shape index (κ3) is 20.9. The third-order valence-corrected chi connectivity index (χ3v) is 18.0. The van der Waals surface area contributed by atoms with Crippen molar-refractivity contribution in [3.63, 3.8) is 0 Å². The average Bonchev–Trinajstić information content (AvgIpc) is 2.69. The van der Waals surface area contributed by atoms with Crippen molar-refractivity contribution >= 4 is 28.6 Å². The van der Waals surface area contributed by atoms with E-state index in [9.17, 15) is 4.39 Å². The number of nitrogens with zero attached hydrogens (tertiary/aromatic N) is 12. The van der Waals surface area contributed by atoms with Gasteiger partial charge < -0.3 is 58.5 Å². The number of methoxy groups -OCH3 is 2. The number of hydrogen-bond donors (Lipinski definition) is 0. The lowest BCUT2D eigenvalue weighted by atomic mass is 9.99. The predicted octanol–water partition coefficient (Wildman–Crippen LogP) is 12.5. The van der Waals surface area contributed by atoms with E-state index in [1.165, 1.54) is 65.2 Å². The zero-order valence-electron chi connectivity index (χ0n) is 57.4. The van der Waals surface area contributed by atoms with Crippen LogP contribution < -0.4 is 34.0 Å². The quantitative estimate of drug-likeness (QED) is 0.112. The Morgan fingerprint density at radius 2 is 0.885 bits per heavy atom. The van der Waals surface area contributed by atoms with Crippen LogP contribution in [0.2, 0.25) is 0 Å². The molecule has 0 amide bonds. The summed E-state index contributed by atoms with van der Waals surface area (Å²) in [5, 5.41) is 0. The first-order valence-corrected chi connectivity index (χ1v) is 32.9. The van der Waals surface area contributed by atoms with Crippen LogP contribution in [0.4, 0.5) is 33.0 Å². The first-order valence-electron chi connectivity index (χ1n) is 32.9. The molecule has 5 aliphatic heterocycles. The Morgan fingerprint density at radius 3 is 1.32 bits per heavy atom. The highest BCUT2D eigenvalue weighted by molar-refractivity contribution is 5.58. The van der Waals surface area contributed by atoms with Gasteiger partial charge in [-0.15, -0.1) is 0 Å². The first-order chi connectivity index (χ1) is 41.6. The Kier molecular flexibility index (Phi) is 28.2. The molecule has 5 aliphatic rings. The summed E-state index contributed by atoms with van der Waals surface area (Å²) in [6.07, 6.45) is 4.03. The number of halogens is 1. The number of benzene rings is 3. The maximum atomic E-state index is 14.6. The molecule has 0 saturated carbocycles. The van der Waals surface area contributed by atoms with Gasteiger partial charge in [-0.1, -0.05) is 106 Å². The lowest BCUT2D eigenvalue weighted by molar-refractivity contribution is 0.271. The lowest BCUT2D eigenvalue weighted by Gasteiger charge is -2.35. The standard InChI is InChI=1S/C16H26N2O.C15H23FN2O.C15H24N2.2C13H21N3/c1-5-17-8-10-18(11-9-17)14-6-7-15(13(2)3)16(12-14)19-4;1-11(2)12-5-6-13(14(16)15(12)19-4)18-9-7-17(3)8-10-18;1-12(2)14-5-6-15(13(3)11-14)17-9-7-16(4)8-10-17;1-11(2)13-5-4-12(10-14-13)16-8-6-15(3)7-9-16;1-11(2)12-4-5-13(14-10-12)16-8-6-15(3)7-9-16/h6-7,12-13H,5,8-11H2,1-4H3;5-6,11H,7-10H2,1-4H3;5-6,11-12H,7-10H2,1-4H3;2*4-5,10-11H,6-9H2,1-3H3. The number of likely N-dealkylation sites (N-methyl/N-ethyl adjacent to an activating group) is 5. The Hall–Kier alpha value is -5.71. The van der Waals surface area contributed by atoms with Crippen LogP contribution in [0.25, 0.3) is 0 Å². The summed E-state index contributed by atoms with van der Waals surface area (Å²) in [5.41, 5.74) is 12.2. The smallest absolute Gasteiger partial charge is 0.188 e. The number of hydrogen-bond acceptors (Lipinski definition) is 14. The number of aryl methyl sites for hydroxylation is 1. The Morgan fingerprint density at radius 1 is 0.425 bits per heavy atom. The summed E-state index contributed by atoms with van der Waals surface area (Å²) in [6.45, 7) is 49.2. The second-order valence-electron chi connectivity index (χ2n) is 26.2. The fourth-order valence-corrected chi connectivity index (χ4v) is 11.6. The summed E-state index contributed by atoms with van der Waals surface area (Å²) in [6, 6.07) is 26.2. The van der Waals surface area contributed by atoms with E-state index in [-0.39, 0.29) is 11.7 Å². The zero-order chi connectivity index (χ0) is 63.3. The van der Waals surface area contributed by atoms with Gasteiger partial charge in [-0.2, -0.15) is 0 Å². The highest BCUT2D eigenvalue weighted by atomic mass is 19.1. The van der Waals surface area contributed by atoms with Gasteiger partial charge in [0.1, 0.15) is 11.6 Å². The third-order valence-electron chi connectivity index (χ3n) is 18.0. The Bertz CT molecular complexity index is 2680. The van der Waals surface area contributed by atoms with Crippen LogP contribution in [0.5, 0.6) is 11.5 Å². The molecule has 5 aromatic rings. The fraction of sp³-hybridized carbons (Fsp3) is 0.611. The van der Waals surface area contributed by atoms with Crippen LogP contribution in [0.15, 0.2) is 85.2 Å². The van der Waals surface area contributed by atoms with E-state index in [4.69, 9.17) is 9.47 Å². The van der Waals surface area contributed by atoms with Gasteiger partial charge in [-0.25, -0.2) is 9.37 Å². The molecule has 5 fully saturated rings. The molecule has 2 aromatic heterocycles. The van der Waals surface area contributed by atoms with Crippen LogP contribution in [0.1, 0.15) is 139 Å². The lowest BCUT2D eigenvalue weighted by Crippen LogP contribution is -2.46. The maximum Gasteiger partial charge on any atom is 0.188 e. The minimum Gasteiger partial charge on any atom is -0.496 e. The van der Waals surface area contributed by atoms with Gasteiger partial charge in [0.05, 0.1) is 31.8 Å². The summed E-state index contributed by atoms with van der Waals surface area (Å²) < 4.78 is 25.4. The van der Waals surface area contributed by atoms with Crippen molar-refractivity contribution in [2.75, 3.05) is 204 Å². The van der Waals surface area contributed by atoms with Crippen LogP contribution in [0, 0.1) is 12.7 Å². The number of rotatable bonds is 13. The molecule has 10 rings (SSSR count). The fourth-order valence-electron chi connectivity index (χ4n) is 11.6. The van der Waals surface area contributed by atoms with Crippen LogP contribution in [-0.2, 0) is 0 Å². The van der Waals surface area contributed by atoms with Crippen LogP contribution >= 0.6 is 0 Å². The molecular weight excluding hydrogens is 1080 g/mol. The number of pyridine rings is 2. The van der Waals surface area contributed by atoms with Gasteiger partial charge in [-0.05, 0) is 135 Å². The monoisotopic (exact) mass is 1200 g/mol. The van der Waals surface area contributed by atoms with Gasteiger partial charge in [0.25, 0.3) is 0 Å². The zero-order valence-corrected chi connectivity index (χ0v) is 57.4. The Balaban J connectivity index is 0.000000174. The number of anilines is 5. The second kappa shape index (κ2) is 34.9. The van der Waals surface area contributed by atoms with Gasteiger partial charge in [0.2, 0.25) is 0 Å². The van der Waals surface area contributed by atoms with Gasteiger partial charge in [-0.3, -0.25) is 4.98 Å². The number of ether oxygens (including phenoxy) is 2. The molecule has 0 bridgehead atoms. The van der Waals surface area contributed by atoms with E-state index in [0.717, 1.165) is 141 Å². The molecule has 5 saturated heterocycles. The van der Waals surface area contributed by atoms with E-state index >= 15 is 0 Å². The second-order valence-corrected chi connectivity index (χ2v) is 26.2. The minimum atomic E-state index is -0.224. The van der Waals surface area contributed by atoms with Crippen LogP contribution in [0.3, 0.4) is 0 Å². The van der Waals surface area contributed by atoms with Crippen molar-refractivity contribution in [2.45, 2.75) is 113 Å². The van der Waals surface area contributed by atoms with Crippen LogP contribution in [-0.4, -0.2) is 214 Å². The van der Waals surface area contributed by atoms with Crippen molar-refractivity contribution in [1.29, 1.82) is 0 Å². The molecule has 482 valence electrons. The van der Waals surface area contributed by atoms with Gasteiger partial charge >= 0.3 is 0 Å². The molecule has 0 atom stereocenters. The van der Waals surface area contributed by atoms with E-state index in [1.54, 1.807) is 7.11 Å². The highest BCUT2D eigenvalue weighted by Crippen LogP contribution is 2.36. The Labute approximate surface area is 527 Å². The SMILES string of the molecule is CC(C)c1ccc(N2CCN(C)CC2)cn1.CC(C)c1ccc(N2CCN(C)CC2)nc1.CCN1CCN(c2ccc(C(C)C)c(OC)c2)CC1.COc1c(C(C)C)ccc(N2CCN(C)CC2)c1F.Cc1cc(C(C)C)ccc1N1CCN(C)CC1. The molecule has 0 radical (unpaired) electrons. The first kappa shape index (κ1) is 70.4. The van der Waals surface area contributed by atoms with E-state index in [0.29, 0.717) is 35.1 Å². The molecule has 0 spiro atoms. The maximum absolute atomic E-state index is 14.6. The summed E-state index contributed by atoms with van der Waals surface area (Å²) in [5.74, 6) is 4.77. The molecule has 14 nitrogen and oxygen atoms in total. The van der Waals surface area contributed by atoms with Crippen molar-refractivity contribution < 1.29 is 13.9 Å². The molecule has 7 heterocycles. The van der Waals surface area contributed by atoms with Gasteiger partial charge in [0, 0.05) is 160 Å². The molecular formula is C72H115FN12O2. The molecule has 87 heavy (non-hydrogen) atoms. The molecule has 3 aromatic carbocycles. The molecule has 15 heteroatoms. The highest BCUT2D eigenvalue weighted by Gasteiger charge is 2.24. The van der Waals surface area contributed by atoms with Crippen molar-refractivity contribution in [1.82, 2.24) is 34.5 Å². The van der Waals surface area contributed by atoms with Crippen molar-refractivity contribution in [2.24, 2.45) is 0 Å². The van der Waals surface area contributed by atoms with E-state index in [2.05, 4.69) is 217 Å². The number of piperazine rings is 5. The minimum absolute atomic E-state index is 0.224. The van der Waals surface area contributed by atoms with Crippen molar-refractivity contribution in [3.05, 3.63) is 125 Å². The normalized spacial score (nSPS) is 17.6. The predicted molar refractivity (Wildman–Crippen MR) is 369 cm³/mol. The largest absolute Gasteiger partial charge is 0.496 e. The molecule has 0 unspecified atom stereocenters.